The molecule has 0 fully saturated rings. The third kappa shape index (κ3) is 13.9. The van der Waals surface area contributed by atoms with Crippen molar-refractivity contribution >= 4 is 132 Å². The Morgan fingerprint density at radius 3 is 0.920 bits per heavy atom. The Morgan fingerprint density at radius 2 is 0.540 bits per heavy atom. The van der Waals surface area contributed by atoms with Crippen LogP contribution in [0.3, 0.4) is 0 Å². The van der Waals surface area contributed by atoms with E-state index in [4.69, 9.17) is 18.8 Å². The van der Waals surface area contributed by atoms with Crippen molar-refractivity contribution in [2.24, 2.45) is 0 Å². The summed E-state index contributed by atoms with van der Waals surface area (Å²) in [6.45, 7) is 0. The van der Waals surface area contributed by atoms with E-state index in [-0.39, 0.29) is 0 Å². The molecule has 484 valence electrons. The summed E-state index contributed by atoms with van der Waals surface area (Å²) in [6.07, 6.45) is 0. The standard InChI is InChI=1S/C24H18N2O.C24H18N2S.C20H16N2O.C20H16N2S/c2*1-26(22-11-6-8-17-7-2-3-9-20(17)22)19-15-13-18(14-16-19)24-25-21-10-4-5-12-23(21)27-24;2*1-22(16-7-3-2-4-8-16)17-13-11-15(12-14-17)20-21-18-9-5-6-10-19(18)23-20/h2*2-16H,1H3;2*2-14H,1H3. The van der Waals surface area contributed by atoms with Gasteiger partial charge in [-0.3, -0.25) is 0 Å². The monoisotopic (exact) mass is 1330 g/mol. The molecule has 0 bridgehead atoms. The lowest BCUT2D eigenvalue weighted by Gasteiger charge is -2.21. The summed E-state index contributed by atoms with van der Waals surface area (Å²) in [4.78, 5) is 27.4. The van der Waals surface area contributed by atoms with E-state index in [1.165, 1.54) is 53.7 Å². The maximum absolute atomic E-state index is 5.87. The van der Waals surface area contributed by atoms with E-state index in [0.717, 1.165) is 88.3 Å². The van der Waals surface area contributed by atoms with Crippen molar-refractivity contribution < 1.29 is 8.83 Å². The summed E-state index contributed by atoms with van der Waals surface area (Å²) in [5.74, 6) is 1.30. The number of hydrogen-bond acceptors (Lipinski definition) is 12. The molecule has 0 aliphatic rings. The molecule has 0 N–H and O–H groups in total. The van der Waals surface area contributed by atoms with Gasteiger partial charge in [-0.25, -0.2) is 19.9 Å². The van der Waals surface area contributed by atoms with Crippen LogP contribution in [-0.4, -0.2) is 48.1 Å². The van der Waals surface area contributed by atoms with Crippen molar-refractivity contribution in [3.8, 4) is 44.1 Å². The molecule has 100 heavy (non-hydrogen) atoms. The summed E-state index contributed by atoms with van der Waals surface area (Å²) < 4.78 is 14.1. The predicted octanol–water partition coefficient (Wildman–Crippen LogP) is 24.3. The molecule has 0 saturated heterocycles. The van der Waals surface area contributed by atoms with Gasteiger partial charge in [0.2, 0.25) is 11.8 Å². The zero-order chi connectivity index (χ0) is 67.7. The third-order valence-corrected chi connectivity index (χ3v) is 19.9. The zero-order valence-electron chi connectivity index (χ0n) is 55.5. The second-order valence-electron chi connectivity index (χ2n) is 24.0. The summed E-state index contributed by atoms with van der Waals surface area (Å²) in [5.41, 5.74) is 19.1. The number of anilines is 8. The Labute approximate surface area is 588 Å². The minimum atomic E-state index is 0.649. The molecule has 10 nitrogen and oxygen atoms in total. The van der Waals surface area contributed by atoms with Gasteiger partial charge in [0, 0.05) is 107 Å². The maximum Gasteiger partial charge on any atom is 0.227 e. The first-order chi connectivity index (χ1) is 49.2. The van der Waals surface area contributed by atoms with E-state index < -0.39 is 0 Å². The molecule has 0 radical (unpaired) electrons. The Morgan fingerprint density at radius 1 is 0.240 bits per heavy atom. The fourth-order valence-corrected chi connectivity index (χ4v) is 14.1. The van der Waals surface area contributed by atoms with Crippen LogP contribution in [0.2, 0.25) is 0 Å². The third-order valence-electron chi connectivity index (χ3n) is 17.7. The zero-order valence-corrected chi connectivity index (χ0v) is 57.2. The molecule has 4 heterocycles. The van der Waals surface area contributed by atoms with E-state index in [1.54, 1.807) is 22.7 Å². The summed E-state index contributed by atoms with van der Waals surface area (Å²) in [5, 5.41) is 7.14. The van der Waals surface area contributed by atoms with Crippen molar-refractivity contribution in [1.82, 2.24) is 19.9 Å². The smallest absolute Gasteiger partial charge is 0.227 e. The number of benzene rings is 14. The number of para-hydroxylation sites is 8. The van der Waals surface area contributed by atoms with Gasteiger partial charge in [0.25, 0.3) is 0 Å². The SMILES string of the molecule is CN(c1ccc(-c2nc3ccccc3o2)cc1)c1cccc2ccccc12.CN(c1ccc(-c2nc3ccccc3s2)cc1)c1cccc2ccccc12.CN(c1ccccc1)c1ccc(-c2nc3ccccc3o2)cc1.CN(c1ccccc1)c1ccc(-c2nc3ccccc3s2)cc1. The minimum Gasteiger partial charge on any atom is -0.436 e. The summed E-state index contributed by atoms with van der Waals surface area (Å²) in [7, 11) is 8.36. The van der Waals surface area contributed by atoms with E-state index in [1.807, 2.05) is 97.1 Å². The first-order valence-corrected chi connectivity index (χ1v) is 34.7. The van der Waals surface area contributed by atoms with Crippen LogP contribution in [0.5, 0.6) is 0 Å². The average molecular weight is 1330 g/mol. The van der Waals surface area contributed by atoms with E-state index in [9.17, 15) is 0 Å². The van der Waals surface area contributed by atoms with Crippen molar-refractivity contribution in [2.45, 2.75) is 0 Å². The molecule has 0 aliphatic heterocycles. The fourth-order valence-electron chi connectivity index (χ4n) is 12.2. The highest BCUT2D eigenvalue weighted by molar-refractivity contribution is 7.22. The van der Waals surface area contributed by atoms with Gasteiger partial charge in [-0.2, -0.15) is 0 Å². The van der Waals surface area contributed by atoms with Gasteiger partial charge in [0.15, 0.2) is 11.2 Å². The molecule has 0 saturated carbocycles. The van der Waals surface area contributed by atoms with Gasteiger partial charge in [0.1, 0.15) is 21.0 Å². The molecule has 0 unspecified atom stereocenters. The Hall–Kier alpha value is -12.5. The Bertz CT molecular complexity index is 5260. The van der Waals surface area contributed by atoms with Crippen molar-refractivity contribution in [2.75, 3.05) is 47.8 Å². The highest BCUT2D eigenvalue weighted by Crippen LogP contribution is 2.38. The molecule has 0 atom stereocenters. The first kappa shape index (κ1) is 63.6. The van der Waals surface area contributed by atoms with E-state index in [0.29, 0.717) is 11.8 Å². The number of fused-ring (bicyclic) bond motifs is 6. The van der Waals surface area contributed by atoms with Crippen molar-refractivity contribution in [3.05, 3.63) is 340 Å². The van der Waals surface area contributed by atoms with Crippen molar-refractivity contribution in [3.63, 3.8) is 0 Å². The predicted molar refractivity (Wildman–Crippen MR) is 422 cm³/mol. The van der Waals surface area contributed by atoms with Crippen LogP contribution in [0, 0.1) is 0 Å². The fraction of sp³-hybridized carbons (Fsp3) is 0.0455. The average Bonchev–Trinajstić information content (AvgIpc) is 1.28. The first-order valence-electron chi connectivity index (χ1n) is 33.1. The normalized spacial score (nSPS) is 11.0. The number of rotatable bonds is 12. The van der Waals surface area contributed by atoms with Crippen LogP contribution in [0.4, 0.5) is 45.5 Å². The van der Waals surface area contributed by atoms with Crippen LogP contribution in [-0.2, 0) is 0 Å². The molecule has 18 aromatic rings. The highest BCUT2D eigenvalue weighted by atomic mass is 32.1. The Balaban J connectivity index is 0.000000109. The quantitative estimate of drug-likeness (QED) is 0.118. The van der Waals surface area contributed by atoms with Gasteiger partial charge in [-0.1, -0.05) is 158 Å². The molecule has 0 aliphatic carbocycles. The number of thiazole rings is 2. The summed E-state index contributed by atoms with van der Waals surface area (Å²) in [6, 6.07) is 116. The van der Waals surface area contributed by atoms with Gasteiger partial charge in [0.05, 0.1) is 20.4 Å². The number of nitrogens with zero attached hydrogens (tertiary/aromatic N) is 8. The van der Waals surface area contributed by atoms with Crippen molar-refractivity contribution in [1.29, 1.82) is 0 Å². The lowest BCUT2D eigenvalue weighted by atomic mass is 10.1. The number of oxazole rings is 2. The topological polar surface area (TPSA) is 90.8 Å². The minimum absolute atomic E-state index is 0.649. The molecule has 0 amide bonds. The molecule has 12 heteroatoms. The molecular formula is C88H68N8O2S2. The van der Waals surface area contributed by atoms with Crippen LogP contribution in [0.15, 0.2) is 349 Å². The van der Waals surface area contributed by atoms with Crippen LogP contribution < -0.4 is 19.6 Å². The van der Waals surface area contributed by atoms with Crippen LogP contribution >= 0.6 is 22.7 Å². The number of aromatic nitrogens is 4. The van der Waals surface area contributed by atoms with E-state index in [2.05, 4.69) is 300 Å². The molecule has 0 spiro atoms. The molecule has 4 aromatic heterocycles. The Kier molecular flexibility index (Phi) is 18.5. The van der Waals surface area contributed by atoms with E-state index >= 15 is 0 Å². The van der Waals surface area contributed by atoms with Crippen LogP contribution in [0.1, 0.15) is 0 Å². The van der Waals surface area contributed by atoms with Gasteiger partial charge < -0.3 is 28.4 Å². The largest absolute Gasteiger partial charge is 0.436 e. The number of hydrogen-bond donors (Lipinski definition) is 0. The lowest BCUT2D eigenvalue weighted by molar-refractivity contribution is 0.619. The van der Waals surface area contributed by atoms with Gasteiger partial charge in [-0.15, -0.1) is 22.7 Å². The van der Waals surface area contributed by atoms with Gasteiger partial charge in [-0.05, 0) is 193 Å². The molecular weight excluding hydrogens is 1270 g/mol. The second-order valence-corrected chi connectivity index (χ2v) is 26.1. The molecule has 18 rings (SSSR count). The van der Waals surface area contributed by atoms with Crippen LogP contribution in [0.25, 0.3) is 108 Å². The second kappa shape index (κ2) is 29.1. The lowest BCUT2D eigenvalue weighted by Crippen LogP contribution is -2.09. The maximum atomic E-state index is 5.87. The highest BCUT2D eigenvalue weighted by Gasteiger charge is 2.15. The van der Waals surface area contributed by atoms with Gasteiger partial charge >= 0.3 is 0 Å². The molecule has 14 aromatic carbocycles. The summed E-state index contributed by atoms with van der Waals surface area (Å²) >= 11 is 3.47.